The number of rotatable bonds is 7. The van der Waals surface area contributed by atoms with Gasteiger partial charge in [-0.1, -0.05) is 37.6 Å². The Hall–Kier alpha value is -3.41. The van der Waals surface area contributed by atoms with E-state index in [1.165, 1.54) is 31.2 Å². The average Bonchev–Trinajstić information content (AvgIpc) is 3.34. The normalized spacial score (nSPS) is 13.3. The largest absolute Gasteiger partial charge is 0.355 e. The van der Waals surface area contributed by atoms with Crippen LogP contribution in [0.25, 0.3) is 11.3 Å². The quantitative estimate of drug-likeness (QED) is 0.517. The number of nitrogens with one attached hydrogen (secondary N) is 2. The van der Waals surface area contributed by atoms with E-state index < -0.39 is 0 Å². The molecule has 0 atom stereocenters. The highest BCUT2D eigenvalue weighted by atomic mass is 16.2. The maximum atomic E-state index is 12.3. The summed E-state index contributed by atoms with van der Waals surface area (Å²) in [4.78, 5) is 14.6. The molecule has 0 aliphatic carbocycles. The van der Waals surface area contributed by atoms with Gasteiger partial charge < -0.3 is 15.5 Å². The molecule has 1 aromatic heterocycles. The summed E-state index contributed by atoms with van der Waals surface area (Å²) in [5, 5.41) is 14.5. The second-order valence-electron chi connectivity index (χ2n) is 7.93. The third kappa shape index (κ3) is 5.60. The zero-order chi connectivity index (χ0) is 21.5. The number of aromatic nitrogens is 2. The predicted molar refractivity (Wildman–Crippen MR) is 127 cm³/mol. The standard InChI is InChI=1S/C25H29N5O/c1-2-3-6-19-7-11-21(12-8-19)26-25(31)27-22-13-9-20(10-14-22)23-15-16-24(29-28-23)30-17-4-5-18-30/h7-16H,2-6,17-18H2,1H3,(H2,26,27,31). The number of anilines is 3. The van der Waals surface area contributed by atoms with E-state index in [0.29, 0.717) is 0 Å². The summed E-state index contributed by atoms with van der Waals surface area (Å²) in [6, 6.07) is 19.4. The molecule has 6 heteroatoms. The molecule has 0 unspecified atom stereocenters. The van der Waals surface area contributed by atoms with Crippen LogP contribution in [0.15, 0.2) is 60.7 Å². The van der Waals surface area contributed by atoms with Gasteiger partial charge in [-0.25, -0.2) is 4.79 Å². The van der Waals surface area contributed by atoms with Crippen LogP contribution in [0, 0.1) is 0 Å². The van der Waals surface area contributed by atoms with Crippen LogP contribution in [-0.4, -0.2) is 29.3 Å². The Morgan fingerprint density at radius 1 is 0.871 bits per heavy atom. The topological polar surface area (TPSA) is 70.2 Å². The lowest BCUT2D eigenvalue weighted by atomic mass is 10.1. The molecule has 4 rings (SSSR count). The first-order chi connectivity index (χ1) is 15.2. The minimum atomic E-state index is -0.260. The van der Waals surface area contributed by atoms with Crippen molar-refractivity contribution in [3.63, 3.8) is 0 Å². The van der Waals surface area contributed by atoms with E-state index in [4.69, 9.17) is 0 Å². The fraction of sp³-hybridized carbons (Fsp3) is 0.320. The van der Waals surface area contributed by atoms with Gasteiger partial charge in [-0.15, -0.1) is 10.2 Å². The van der Waals surface area contributed by atoms with Crippen LogP contribution < -0.4 is 15.5 Å². The smallest absolute Gasteiger partial charge is 0.323 e. The second kappa shape index (κ2) is 10.1. The van der Waals surface area contributed by atoms with Crippen LogP contribution in [-0.2, 0) is 6.42 Å². The van der Waals surface area contributed by atoms with Crippen molar-refractivity contribution in [2.24, 2.45) is 0 Å². The molecule has 3 aromatic rings. The van der Waals surface area contributed by atoms with E-state index >= 15 is 0 Å². The number of unbranched alkanes of at least 4 members (excludes halogenated alkanes) is 1. The van der Waals surface area contributed by atoms with Crippen molar-refractivity contribution >= 4 is 23.2 Å². The monoisotopic (exact) mass is 415 g/mol. The van der Waals surface area contributed by atoms with E-state index in [1.807, 2.05) is 48.5 Å². The Bertz CT molecular complexity index is 978. The molecule has 2 aromatic carbocycles. The summed E-state index contributed by atoms with van der Waals surface area (Å²) in [6.45, 7) is 4.30. The molecule has 1 aliphatic rings. The minimum absolute atomic E-state index is 0.260. The van der Waals surface area contributed by atoms with E-state index in [0.717, 1.165) is 48.0 Å². The van der Waals surface area contributed by atoms with Gasteiger partial charge in [0.05, 0.1) is 5.69 Å². The molecule has 1 saturated heterocycles. The number of hydrogen-bond acceptors (Lipinski definition) is 4. The number of carbonyl (C=O) groups excluding carboxylic acids is 1. The maximum Gasteiger partial charge on any atom is 0.323 e. The number of nitrogens with zero attached hydrogens (tertiary/aromatic N) is 3. The van der Waals surface area contributed by atoms with Crippen LogP contribution in [0.4, 0.5) is 22.0 Å². The summed E-state index contributed by atoms with van der Waals surface area (Å²) in [7, 11) is 0. The molecule has 0 radical (unpaired) electrons. The fourth-order valence-electron chi connectivity index (χ4n) is 3.75. The minimum Gasteiger partial charge on any atom is -0.355 e. The van der Waals surface area contributed by atoms with Gasteiger partial charge in [-0.2, -0.15) is 0 Å². The Kier molecular flexibility index (Phi) is 6.77. The highest BCUT2D eigenvalue weighted by molar-refractivity contribution is 5.99. The lowest BCUT2D eigenvalue weighted by molar-refractivity contribution is 0.262. The van der Waals surface area contributed by atoms with Gasteiger partial charge in [-0.3, -0.25) is 0 Å². The van der Waals surface area contributed by atoms with Crippen LogP contribution in [0.5, 0.6) is 0 Å². The summed E-state index contributed by atoms with van der Waals surface area (Å²) >= 11 is 0. The van der Waals surface area contributed by atoms with E-state index in [2.05, 4.69) is 44.8 Å². The number of aryl methyl sites for hydroxylation is 1. The van der Waals surface area contributed by atoms with Gasteiger partial charge in [0.2, 0.25) is 0 Å². The molecule has 2 N–H and O–H groups in total. The molecule has 2 heterocycles. The van der Waals surface area contributed by atoms with Crippen molar-refractivity contribution in [1.29, 1.82) is 0 Å². The Labute approximate surface area is 183 Å². The molecule has 0 bridgehead atoms. The molecule has 1 fully saturated rings. The van der Waals surface area contributed by atoms with Crippen molar-refractivity contribution in [1.82, 2.24) is 10.2 Å². The molecular weight excluding hydrogens is 386 g/mol. The summed E-state index contributed by atoms with van der Waals surface area (Å²) in [6.07, 6.45) is 5.86. The fourth-order valence-corrected chi connectivity index (χ4v) is 3.75. The highest BCUT2D eigenvalue weighted by Crippen LogP contribution is 2.22. The first kappa shape index (κ1) is 20.8. The molecule has 6 nitrogen and oxygen atoms in total. The Balaban J connectivity index is 1.32. The van der Waals surface area contributed by atoms with Crippen LogP contribution in [0.3, 0.4) is 0 Å². The van der Waals surface area contributed by atoms with Gasteiger partial charge in [0.1, 0.15) is 0 Å². The van der Waals surface area contributed by atoms with Gasteiger partial charge in [0.15, 0.2) is 5.82 Å². The van der Waals surface area contributed by atoms with Crippen LogP contribution in [0.1, 0.15) is 38.2 Å². The highest BCUT2D eigenvalue weighted by Gasteiger charge is 2.14. The first-order valence-electron chi connectivity index (χ1n) is 11.1. The van der Waals surface area contributed by atoms with Crippen molar-refractivity contribution in [2.45, 2.75) is 39.0 Å². The average molecular weight is 416 g/mol. The maximum absolute atomic E-state index is 12.3. The predicted octanol–water partition coefficient (Wildman–Crippen LogP) is 5.73. The first-order valence-corrected chi connectivity index (χ1v) is 11.1. The van der Waals surface area contributed by atoms with Crippen molar-refractivity contribution < 1.29 is 4.79 Å². The zero-order valence-electron chi connectivity index (χ0n) is 18.0. The molecule has 2 amide bonds. The van der Waals surface area contributed by atoms with Crippen LogP contribution >= 0.6 is 0 Å². The molecule has 31 heavy (non-hydrogen) atoms. The molecule has 1 aliphatic heterocycles. The molecule has 0 saturated carbocycles. The number of benzene rings is 2. The third-order valence-electron chi connectivity index (χ3n) is 5.55. The third-order valence-corrected chi connectivity index (χ3v) is 5.55. The van der Waals surface area contributed by atoms with E-state index in [1.54, 1.807) is 0 Å². The Morgan fingerprint density at radius 2 is 1.52 bits per heavy atom. The molecular formula is C25H29N5O. The van der Waals surface area contributed by atoms with Crippen molar-refractivity contribution in [3.8, 4) is 11.3 Å². The zero-order valence-corrected chi connectivity index (χ0v) is 18.0. The van der Waals surface area contributed by atoms with Gasteiger partial charge in [0, 0.05) is 30.0 Å². The SMILES string of the molecule is CCCCc1ccc(NC(=O)Nc2ccc(-c3ccc(N4CCCC4)nn3)cc2)cc1. The van der Waals surface area contributed by atoms with Crippen LogP contribution in [0.2, 0.25) is 0 Å². The molecule has 160 valence electrons. The van der Waals surface area contributed by atoms with Gasteiger partial charge >= 0.3 is 6.03 Å². The summed E-state index contributed by atoms with van der Waals surface area (Å²) in [5.41, 5.74) is 4.58. The number of hydrogen-bond donors (Lipinski definition) is 2. The van der Waals surface area contributed by atoms with E-state index in [-0.39, 0.29) is 6.03 Å². The second-order valence-corrected chi connectivity index (χ2v) is 7.93. The summed E-state index contributed by atoms with van der Waals surface area (Å²) < 4.78 is 0. The number of urea groups is 1. The van der Waals surface area contributed by atoms with Crippen molar-refractivity contribution in [2.75, 3.05) is 28.6 Å². The lowest BCUT2D eigenvalue weighted by Crippen LogP contribution is -2.19. The van der Waals surface area contributed by atoms with Gasteiger partial charge in [0.25, 0.3) is 0 Å². The number of amides is 2. The molecule has 0 spiro atoms. The van der Waals surface area contributed by atoms with Crippen molar-refractivity contribution in [3.05, 3.63) is 66.2 Å². The lowest BCUT2D eigenvalue weighted by Gasteiger charge is -2.15. The number of carbonyl (C=O) groups is 1. The Morgan fingerprint density at radius 3 is 2.10 bits per heavy atom. The van der Waals surface area contributed by atoms with Gasteiger partial charge in [-0.05, 0) is 67.6 Å². The van der Waals surface area contributed by atoms with E-state index in [9.17, 15) is 4.79 Å². The summed E-state index contributed by atoms with van der Waals surface area (Å²) in [5.74, 6) is 0.939.